The Bertz CT molecular complexity index is 475. The summed E-state index contributed by atoms with van der Waals surface area (Å²) in [5.74, 6) is -0.573. The van der Waals surface area contributed by atoms with Gasteiger partial charge in [-0.3, -0.25) is 9.59 Å². The summed E-state index contributed by atoms with van der Waals surface area (Å²) < 4.78 is 5.22. The van der Waals surface area contributed by atoms with E-state index in [1.165, 1.54) is 25.1 Å². The summed E-state index contributed by atoms with van der Waals surface area (Å²) in [5.41, 5.74) is -0.340. The molecule has 0 amide bonds. The summed E-state index contributed by atoms with van der Waals surface area (Å²) in [4.78, 5) is 23.3. The number of carbonyl (C=O) groups is 2. The van der Waals surface area contributed by atoms with Crippen molar-refractivity contribution < 1.29 is 19.4 Å². The molecule has 0 spiro atoms. The number of carbonyl (C=O) groups excluding carboxylic acids is 2. The first-order valence-corrected chi connectivity index (χ1v) is 5.84. The van der Waals surface area contributed by atoms with Crippen LogP contribution in [0.5, 0.6) is 11.5 Å². The average Bonchev–Trinajstić information content (AvgIpc) is 2.28. The molecule has 0 fully saturated rings. The zero-order chi connectivity index (χ0) is 13.9. The summed E-state index contributed by atoms with van der Waals surface area (Å²) in [6, 6.07) is 4.11. The number of rotatable bonds is 4. The van der Waals surface area contributed by atoms with Gasteiger partial charge in [0.25, 0.3) is 0 Å². The molecule has 0 atom stereocenters. The van der Waals surface area contributed by atoms with E-state index in [1.807, 2.05) is 6.92 Å². The normalized spacial score (nSPS) is 11.1. The van der Waals surface area contributed by atoms with Crippen molar-refractivity contribution in [2.75, 3.05) is 0 Å². The predicted molar refractivity (Wildman–Crippen MR) is 67.8 cm³/mol. The topological polar surface area (TPSA) is 63.6 Å². The predicted octanol–water partition coefficient (Wildman–Crippen LogP) is 2.94. The van der Waals surface area contributed by atoms with E-state index in [0.29, 0.717) is 6.42 Å². The van der Waals surface area contributed by atoms with Crippen molar-refractivity contribution in [1.29, 1.82) is 0 Å². The second kappa shape index (κ2) is 5.21. The maximum absolute atomic E-state index is 11.9. The molecule has 0 aliphatic rings. The Hall–Kier alpha value is -1.84. The van der Waals surface area contributed by atoms with Gasteiger partial charge in [-0.2, -0.15) is 0 Å². The standard InChI is InChI=1S/C14H18O4/c1-5-14(3,4)13(17)18-12-8-10(16)6-7-11(12)9(2)15/h6-8,16H,5H2,1-4H3. The van der Waals surface area contributed by atoms with E-state index < -0.39 is 11.4 Å². The fraction of sp³-hybridized carbons (Fsp3) is 0.429. The average molecular weight is 250 g/mol. The van der Waals surface area contributed by atoms with Crippen LogP contribution in [0.2, 0.25) is 0 Å². The maximum Gasteiger partial charge on any atom is 0.316 e. The first-order valence-electron chi connectivity index (χ1n) is 5.84. The Kier molecular flexibility index (Phi) is 4.11. The van der Waals surface area contributed by atoms with Crippen LogP contribution in [-0.4, -0.2) is 16.9 Å². The van der Waals surface area contributed by atoms with Gasteiger partial charge in [0.1, 0.15) is 11.5 Å². The van der Waals surface area contributed by atoms with Crippen molar-refractivity contribution >= 4 is 11.8 Å². The van der Waals surface area contributed by atoms with Crippen molar-refractivity contribution in [3.05, 3.63) is 23.8 Å². The Morgan fingerprint density at radius 2 is 1.94 bits per heavy atom. The molecule has 0 bridgehead atoms. The van der Waals surface area contributed by atoms with Crippen LogP contribution in [0.3, 0.4) is 0 Å². The van der Waals surface area contributed by atoms with E-state index >= 15 is 0 Å². The first kappa shape index (κ1) is 14.2. The van der Waals surface area contributed by atoms with Gasteiger partial charge in [0.15, 0.2) is 5.78 Å². The van der Waals surface area contributed by atoms with Crippen molar-refractivity contribution in [1.82, 2.24) is 0 Å². The van der Waals surface area contributed by atoms with Gasteiger partial charge in [-0.1, -0.05) is 6.92 Å². The van der Waals surface area contributed by atoms with Crippen LogP contribution in [0, 0.1) is 5.41 Å². The number of ketones is 1. The van der Waals surface area contributed by atoms with Crippen LogP contribution in [0.4, 0.5) is 0 Å². The zero-order valence-electron chi connectivity index (χ0n) is 11.1. The highest BCUT2D eigenvalue weighted by atomic mass is 16.5. The Morgan fingerprint density at radius 3 is 2.44 bits per heavy atom. The largest absolute Gasteiger partial charge is 0.508 e. The van der Waals surface area contributed by atoms with Gasteiger partial charge in [0.2, 0.25) is 0 Å². The van der Waals surface area contributed by atoms with Crippen molar-refractivity contribution in [2.24, 2.45) is 5.41 Å². The lowest BCUT2D eigenvalue weighted by Crippen LogP contribution is -2.28. The molecule has 0 aromatic heterocycles. The van der Waals surface area contributed by atoms with E-state index in [9.17, 15) is 14.7 Å². The Balaban J connectivity index is 3.07. The van der Waals surface area contributed by atoms with Crippen LogP contribution in [0.15, 0.2) is 18.2 Å². The van der Waals surface area contributed by atoms with E-state index in [2.05, 4.69) is 0 Å². The number of aromatic hydroxyl groups is 1. The minimum absolute atomic E-state index is 0.0443. The molecule has 0 unspecified atom stereocenters. The quantitative estimate of drug-likeness (QED) is 0.507. The highest BCUT2D eigenvalue weighted by Gasteiger charge is 2.28. The number of hydrogen-bond acceptors (Lipinski definition) is 4. The molecular weight excluding hydrogens is 232 g/mol. The molecule has 1 aromatic carbocycles. The molecule has 98 valence electrons. The molecule has 4 heteroatoms. The molecule has 1 rings (SSSR count). The van der Waals surface area contributed by atoms with E-state index in [0.717, 1.165) is 0 Å². The molecule has 0 saturated heterocycles. The van der Waals surface area contributed by atoms with E-state index in [1.54, 1.807) is 13.8 Å². The maximum atomic E-state index is 11.9. The summed E-state index contributed by atoms with van der Waals surface area (Å²) >= 11 is 0. The van der Waals surface area contributed by atoms with Gasteiger partial charge in [-0.05, 0) is 39.3 Å². The van der Waals surface area contributed by atoms with Crippen molar-refractivity contribution in [3.8, 4) is 11.5 Å². The molecule has 0 aliphatic carbocycles. The van der Waals surface area contributed by atoms with Gasteiger partial charge in [0, 0.05) is 6.07 Å². The minimum atomic E-state index is -0.625. The number of phenolic OH excluding ortho intramolecular Hbond substituents is 1. The van der Waals surface area contributed by atoms with Crippen molar-refractivity contribution in [3.63, 3.8) is 0 Å². The Labute approximate surface area is 107 Å². The monoisotopic (exact) mass is 250 g/mol. The third kappa shape index (κ3) is 3.09. The van der Waals surface area contributed by atoms with Gasteiger partial charge in [-0.15, -0.1) is 0 Å². The van der Waals surface area contributed by atoms with E-state index in [-0.39, 0.29) is 22.8 Å². The molecule has 1 aromatic rings. The SMILES string of the molecule is CCC(C)(C)C(=O)Oc1cc(O)ccc1C(C)=O. The summed E-state index contributed by atoms with van der Waals surface area (Å²) in [7, 11) is 0. The summed E-state index contributed by atoms with van der Waals surface area (Å²) in [6.07, 6.45) is 0.625. The molecule has 0 saturated carbocycles. The smallest absolute Gasteiger partial charge is 0.316 e. The van der Waals surface area contributed by atoms with Crippen LogP contribution in [-0.2, 0) is 4.79 Å². The third-order valence-corrected chi connectivity index (χ3v) is 2.98. The number of ether oxygens (including phenoxy) is 1. The first-order chi connectivity index (χ1) is 8.27. The third-order valence-electron chi connectivity index (χ3n) is 2.98. The lowest BCUT2D eigenvalue weighted by Gasteiger charge is -2.20. The number of Topliss-reactive ketones (excluding diaryl/α,β-unsaturated/α-hetero) is 1. The summed E-state index contributed by atoms with van der Waals surface area (Å²) in [6.45, 7) is 6.81. The second-order valence-corrected chi connectivity index (χ2v) is 4.86. The van der Waals surface area contributed by atoms with Gasteiger partial charge >= 0.3 is 5.97 Å². The molecule has 0 radical (unpaired) electrons. The molecular formula is C14H18O4. The van der Waals surface area contributed by atoms with Crippen LogP contribution >= 0.6 is 0 Å². The minimum Gasteiger partial charge on any atom is -0.508 e. The fourth-order valence-electron chi connectivity index (χ4n) is 1.27. The van der Waals surface area contributed by atoms with E-state index in [4.69, 9.17) is 4.74 Å². The van der Waals surface area contributed by atoms with Crippen LogP contribution < -0.4 is 4.74 Å². The number of hydrogen-bond donors (Lipinski definition) is 1. The number of esters is 1. The van der Waals surface area contributed by atoms with Gasteiger partial charge in [-0.25, -0.2) is 0 Å². The van der Waals surface area contributed by atoms with Gasteiger partial charge in [0.05, 0.1) is 11.0 Å². The Morgan fingerprint density at radius 1 is 1.33 bits per heavy atom. The molecule has 0 aliphatic heterocycles. The molecule has 18 heavy (non-hydrogen) atoms. The molecule has 1 N–H and O–H groups in total. The highest BCUT2D eigenvalue weighted by molar-refractivity contribution is 5.98. The molecule has 4 nitrogen and oxygen atoms in total. The second-order valence-electron chi connectivity index (χ2n) is 4.86. The van der Waals surface area contributed by atoms with Crippen LogP contribution in [0.1, 0.15) is 44.5 Å². The number of phenols is 1. The lowest BCUT2D eigenvalue weighted by atomic mass is 9.90. The molecule has 0 heterocycles. The highest BCUT2D eigenvalue weighted by Crippen LogP contribution is 2.28. The zero-order valence-corrected chi connectivity index (χ0v) is 11.1. The van der Waals surface area contributed by atoms with Crippen LogP contribution in [0.25, 0.3) is 0 Å². The fourth-order valence-corrected chi connectivity index (χ4v) is 1.27. The van der Waals surface area contributed by atoms with Gasteiger partial charge < -0.3 is 9.84 Å². The summed E-state index contributed by atoms with van der Waals surface area (Å²) in [5, 5.41) is 9.39. The van der Waals surface area contributed by atoms with Crippen molar-refractivity contribution in [2.45, 2.75) is 34.1 Å². The lowest BCUT2D eigenvalue weighted by molar-refractivity contribution is -0.144. The number of benzene rings is 1.